The molecule has 2 fully saturated rings. The second-order valence-electron chi connectivity index (χ2n) is 7.90. The maximum absolute atomic E-state index is 8.92. The normalized spacial score (nSPS) is 23.9. The van der Waals surface area contributed by atoms with Gasteiger partial charge in [-0.15, -0.1) is 0 Å². The van der Waals surface area contributed by atoms with E-state index in [4.69, 9.17) is 10.2 Å². The summed E-state index contributed by atoms with van der Waals surface area (Å²) in [5, 5.41) is 22.8. The van der Waals surface area contributed by atoms with Crippen molar-refractivity contribution in [2.24, 2.45) is 0 Å². The quantitative estimate of drug-likeness (QED) is 0.502. The first kappa shape index (κ1) is 17.9. The molecule has 10 nitrogen and oxygen atoms in total. The Morgan fingerprint density at radius 1 is 1.28 bits per heavy atom. The lowest BCUT2D eigenvalue weighted by atomic mass is 9.97. The van der Waals surface area contributed by atoms with E-state index in [-0.39, 0.29) is 0 Å². The van der Waals surface area contributed by atoms with Crippen molar-refractivity contribution < 1.29 is 0 Å². The molecule has 0 aliphatic carbocycles. The number of hydrogen-bond donors (Lipinski definition) is 4. The Morgan fingerprint density at radius 3 is 2.83 bits per heavy atom. The first-order chi connectivity index (χ1) is 14.2. The summed E-state index contributed by atoms with van der Waals surface area (Å²) in [4.78, 5) is 19.2. The lowest BCUT2D eigenvalue weighted by Crippen LogP contribution is -2.47. The van der Waals surface area contributed by atoms with E-state index < -0.39 is 0 Å². The molecule has 3 aromatic heterocycles. The minimum Gasteiger partial charge on any atom is -0.365 e. The van der Waals surface area contributed by atoms with E-state index in [1.807, 2.05) is 13.0 Å². The van der Waals surface area contributed by atoms with Gasteiger partial charge in [0.05, 0.1) is 12.4 Å². The van der Waals surface area contributed by atoms with E-state index in [1.165, 1.54) is 12.8 Å². The monoisotopic (exact) mass is 392 g/mol. The van der Waals surface area contributed by atoms with Crippen LogP contribution in [0.15, 0.2) is 12.4 Å². The second kappa shape index (κ2) is 7.33. The minimum atomic E-state index is 0.340. The molecule has 2 saturated heterocycles. The van der Waals surface area contributed by atoms with Gasteiger partial charge in [0.1, 0.15) is 5.52 Å². The number of anilines is 3. The third-order valence-corrected chi connectivity index (χ3v) is 5.94. The molecule has 2 aliphatic rings. The van der Waals surface area contributed by atoms with Crippen LogP contribution >= 0.6 is 0 Å². The van der Waals surface area contributed by atoms with Crippen LogP contribution < -0.4 is 10.6 Å². The maximum atomic E-state index is 8.92. The molecule has 3 atom stereocenters. The van der Waals surface area contributed by atoms with Crippen LogP contribution in [0.1, 0.15) is 37.8 Å². The predicted molar refractivity (Wildman–Crippen MR) is 109 cm³/mol. The van der Waals surface area contributed by atoms with E-state index in [0.717, 1.165) is 36.4 Å². The number of hydrogen-bond acceptors (Lipinski definition) is 8. The molecule has 5 rings (SSSR count). The Hall–Kier alpha value is -3.19. The second-order valence-corrected chi connectivity index (χ2v) is 7.90. The van der Waals surface area contributed by atoms with Gasteiger partial charge in [-0.05, 0) is 32.6 Å². The SMILES string of the molecule is Cc1cc(Nc2nc(NC3C[C@H]4CC[C@@H](C3)N4CCC#N)c3[nH]cnc3n2)n[nH]1. The van der Waals surface area contributed by atoms with Crippen molar-refractivity contribution >= 4 is 28.7 Å². The average Bonchev–Trinajstić information content (AvgIpc) is 3.39. The Labute approximate surface area is 168 Å². The number of H-pyrrole nitrogens is 2. The first-order valence-electron chi connectivity index (χ1n) is 10.1. The summed E-state index contributed by atoms with van der Waals surface area (Å²) >= 11 is 0. The zero-order valence-electron chi connectivity index (χ0n) is 16.3. The lowest BCUT2D eigenvalue weighted by Gasteiger charge is -2.39. The number of aryl methyl sites for hydroxylation is 1. The van der Waals surface area contributed by atoms with Gasteiger partial charge in [0, 0.05) is 42.9 Å². The van der Waals surface area contributed by atoms with Gasteiger partial charge < -0.3 is 15.6 Å². The molecular formula is C19H24N10. The minimum absolute atomic E-state index is 0.340. The smallest absolute Gasteiger partial charge is 0.232 e. The number of piperidine rings is 1. The molecular weight excluding hydrogens is 368 g/mol. The number of nitrogens with zero attached hydrogens (tertiary/aromatic N) is 6. The molecule has 0 spiro atoms. The average molecular weight is 392 g/mol. The summed E-state index contributed by atoms with van der Waals surface area (Å²) in [5.41, 5.74) is 2.39. The molecule has 10 heteroatoms. The van der Waals surface area contributed by atoms with Gasteiger partial charge in [0.15, 0.2) is 17.3 Å². The number of aromatic amines is 2. The van der Waals surface area contributed by atoms with Crippen LogP contribution in [0.25, 0.3) is 11.2 Å². The van der Waals surface area contributed by atoms with Gasteiger partial charge in [-0.2, -0.15) is 20.3 Å². The Morgan fingerprint density at radius 2 is 2.10 bits per heavy atom. The van der Waals surface area contributed by atoms with Crippen LogP contribution in [-0.2, 0) is 0 Å². The molecule has 2 bridgehead atoms. The van der Waals surface area contributed by atoms with Gasteiger partial charge >= 0.3 is 0 Å². The molecule has 0 amide bonds. The summed E-state index contributed by atoms with van der Waals surface area (Å²) in [7, 11) is 0. The Bertz CT molecular complexity index is 1030. The van der Waals surface area contributed by atoms with Crippen molar-refractivity contribution in [3.05, 3.63) is 18.1 Å². The highest BCUT2D eigenvalue weighted by molar-refractivity contribution is 5.84. The first-order valence-corrected chi connectivity index (χ1v) is 10.1. The number of aromatic nitrogens is 6. The summed E-state index contributed by atoms with van der Waals surface area (Å²) < 4.78 is 0. The highest BCUT2D eigenvalue weighted by Gasteiger charge is 2.40. The van der Waals surface area contributed by atoms with Crippen LogP contribution in [0.2, 0.25) is 0 Å². The molecule has 4 N–H and O–H groups in total. The fourth-order valence-corrected chi connectivity index (χ4v) is 4.72. The van der Waals surface area contributed by atoms with Crippen molar-refractivity contribution in [2.75, 3.05) is 17.2 Å². The topological polar surface area (TPSA) is 134 Å². The largest absolute Gasteiger partial charge is 0.365 e. The van der Waals surface area contributed by atoms with Gasteiger partial charge in [-0.3, -0.25) is 10.00 Å². The molecule has 1 unspecified atom stereocenters. The molecule has 2 aliphatic heterocycles. The number of rotatable bonds is 6. The van der Waals surface area contributed by atoms with Crippen molar-refractivity contribution in [1.82, 2.24) is 35.0 Å². The van der Waals surface area contributed by atoms with Crippen molar-refractivity contribution in [1.29, 1.82) is 5.26 Å². The van der Waals surface area contributed by atoms with E-state index in [0.29, 0.717) is 42.0 Å². The van der Waals surface area contributed by atoms with Crippen molar-refractivity contribution in [3.8, 4) is 6.07 Å². The fourth-order valence-electron chi connectivity index (χ4n) is 4.72. The number of imidazole rings is 1. The fraction of sp³-hybridized carbons (Fsp3) is 0.526. The van der Waals surface area contributed by atoms with Crippen LogP contribution in [0.4, 0.5) is 17.6 Å². The van der Waals surface area contributed by atoms with Crippen LogP contribution in [0, 0.1) is 18.3 Å². The Balaban J connectivity index is 1.35. The lowest BCUT2D eigenvalue weighted by molar-refractivity contribution is 0.136. The molecule has 3 aromatic rings. The third kappa shape index (κ3) is 3.49. The van der Waals surface area contributed by atoms with Gasteiger partial charge in [0.25, 0.3) is 0 Å². The number of fused-ring (bicyclic) bond motifs is 3. The van der Waals surface area contributed by atoms with E-state index in [2.05, 4.69) is 46.8 Å². The standard InChI is InChI=1S/C19H24N10/c1-11-7-15(28-27-11)24-19-25-17-16(21-10-22-17)18(26-19)23-12-8-13-3-4-14(9-12)29(13)6-2-5-20/h7,10,12-14H,2-4,6,8-9H2,1H3,(H4,21,22,23,24,25,26,27,28)/t12?,13-,14+. The number of nitriles is 1. The van der Waals surface area contributed by atoms with Crippen LogP contribution in [-0.4, -0.2) is 59.7 Å². The van der Waals surface area contributed by atoms with Gasteiger partial charge in [-0.1, -0.05) is 0 Å². The van der Waals surface area contributed by atoms with Crippen molar-refractivity contribution in [3.63, 3.8) is 0 Å². The van der Waals surface area contributed by atoms with Gasteiger partial charge in [0.2, 0.25) is 5.95 Å². The highest BCUT2D eigenvalue weighted by Crippen LogP contribution is 2.37. The Kier molecular flexibility index (Phi) is 4.52. The molecule has 0 aromatic carbocycles. The summed E-state index contributed by atoms with van der Waals surface area (Å²) in [6, 6.07) is 5.61. The van der Waals surface area contributed by atoms with Crippen LogP contribution in [0.5, 0.6) is 0 Å². The third-order valence-electron chi connectivity index (χ3n) is 5.94. The molecule has 150 valence electrons. The zero-order chi connectivity index (χ0) is 19.8. The summed E-state index contributed by atoms with van der Waals surface area (Å²) in [5.74, 6) is 1.90. The van der Waals surface area contributed by atoms with E-state index in [1.54, 1.807) is 6.33 Å². The molecule has 0 radical (unpaired) electrons. The summed E-state index contributed by atoms with van der Waals surface area (Å²) in [6.07, 6.45) is 6.78. The van der Waals surface area contributed by atoms with E-state index in [9.17, 15) is 0 Å². The summed E-state index contributed by atoms with van der Waals surface area (Å²) in [6.45, 7) is 2.83. The molecule has 0 saturated carbocycles. The highest BCUT2D eigenvalue weighted by atomic mass is 15.3. The number of nitrogens with one attached hydrogen (secondary N) is 4. The van der Waals surface area contributed by atoms with Gasteiger partial charge in [-0.25, -0.2) is 4.98 Å². The van der Waals surface area contributed by atoms with E-state index >= 15 is 0 Å². The maximum Gasteiger partial charge on any atom is 0.232 e. The molecule has 5 heterocycles. The zero-order valence-corrected chi connectivity index (χ0v) is 16.3. The predicted octanol–water partition coefficient (Wildman–Crippen LogP) is 2.45. The molecule has 29 heavy (non-hydrogen) atoms. The van der Waals surface area contributed by atoms with Crippen LogP contribution in [0.3, 0.4) is 0 Å². The van der Waals surface area contributed by atoms with Crippen molar-refractivity contribution in [2.45, 2.75) is 57.2 Å².